The fourth-order valence-electron chi connectivity index (χ4n) is 4.51. The minimum absolute atomic E-state index is 0.0425. The van der Waals surface area contributed by atoms with Crippen LogP contribution in [0.25, 0.3) is 43.6 Å². The molecule has 6 aromatic rings. The Hall–Kier alpha value is -3.66. The van der Waals surface area contributed by atoms with E-state index in [0.29, 0.717) is 10.8 Å². The molecule has 3 aromatic carbocycles. The summed E-state index contributed by atoms with van der Waals surface area (Å²) in [6, 6.07) is 19.3. The maximum atomic E-state index is 13.4. The number of nitrogens with zero attached hydrogens (tertiary/aromatic N) is 2. The zero-order chi connectivity index (χ0) is 19.2. The van der Waals surface area contributed by atoms with Crippen LogP contribution >= 0.6 is 0 Å². The van der Waals surface area contributed by atoms with Gasteiger partial charge < -0.3 is 0 Å². The Balaban J connectivity index is 2.16. The highest BCUT2D eigenvalue weighted by atomic mass is 16.1. The predicted molar refractivity (Wildman–Crippen MR) is 114 cm³/mol. The van der Waals surface area contributed by atoms with Crippen LogP contribution < -0.4 is 11.1 Å². The van der Waals surface area contributed by atoms with Gasteiger partial charge in [-0.25, -0.2) is 0 Å². The van der Waals surface area contributed by atoms with Crippen molar-refractivity contribution < 1.29 is 0 Å². The Labute approximate surface area is 159 Å². The van der Waals surface area contributed by atoms with Crippen molar-refractivity contribution in [2.75, 3.05) is 0 Å². The van der Waals surface area contributed by atoms with Crippen molar-refractivity contribution in [1.82, 2.24) is 8.80 Å². The quantitative estimate of drug-likeness (QED) is 0.400. The second kappa shape index (κ2) is 4.98. The fourth-order valence-corrected chi connectivity index (χ4v) is 4.51. The highest BCUT2D eigenvalue weighted by Crippen LogP contribution is 2.32. The summed E-state index contributed by atoms with van der Waals surface area (Å²) < 4.78 is 3.57. The summed E-state index contributed by atoms with van der Waals surface area (Å²) in [5, 5.41) is 3.10. The maximum absolute atomic E-state index is 13.4. The molecule has 0 atom stereocenters. The number of hydrogen-bond acceptors (Lipinski definition) is 2. The van der Waals surface area contributed by atoms with E-state index in [2.05, 4.69) is 0 Å². The van der Waals surface area contributed by atoms with Crippen LogP contribution in [0.3, 0.4) is 0 Å². The number of fused-ring (bicyclic) bond motifs is 10. The molecule has 0 bridgehead atoms. The summed E-state index contributed by atoms with van der Waals surface area (Å²) in [6.45, 7) is 4.06. The first kappa shape index (κ1) is 15.4. The highest BCUT2D eigenvalue weighted by molar-refractivity contribution is 6.16. The minimum Gasteiger partial charge on any atom is -0.272 e. The summed E-state index contributed by atoms with van der Waals surface area (Å²) in [5.74, 6) is 0. The van der Waals surface area contributed by atoms with Crippen molar-refractivity contribution in [3.8, 4) is 0 Å². The van der Waals surface area contributed by atoms with Gasteiger partial charge in [-0.05, 0) is 49.2 Å². The molecule has 3 aromatic heterocycles. The van der Waals surface area contributed by atoms with Gasteiger partial charge in [-0.2, -0.15) is 0 Å². The van der Waals surface area contributed by atoms with E-state index in [1.807, 2.05) is 74.5 Å². The SMILES string of the molecule is Cc1cc2c(cc1C)n1c(=O)c3ccccc3c1c1c3ccccc3c(=O)n21. The normalized spacial score (nSPS) is 12.2. The lowest BCUT2D eigenvalue weighted by atomic mass is 10.1. The summed E-state index contributed by atoms with van der Waals surface area (Å²) in [5.41, 5.74) is 5.24. The zero-order valence-corrected chi connectivity index (χ0v) is 15.5. The second-order valence-electron chi connectivity index (χ2n) is 7.49. The van der Waals surface area contributed by atoms with Gasteiger partial charge in [0.25, 0.3) is 11.1 Å². The molecule has 4 nitrogen and oxygen atoms in total. The van der Waals surface area contributed by atoms with Gasteiger partial charge in [-0.3, -0.25) is 18.4 Å². The smallest absolute Gasteiger partial charge is 0.263 e. The molecule has 4 heteroatoms. The highest BCUT2D eigenvalue weighted by Gasteiger charge is 2.21. The second-order valence-corrected chi connectivity index (χ2v) is 7.49. The third kappa shape index (κ3) is 1.66. The number of hydrogen-bond donors (Lipinski definition) is 0. The van der Waals surface area contributed by atoms with Crippen LogP contribution in [-0.2, 0) is 0 Å². The lowest BCUT2D eigenvalue weighted by Gasteiger charge is -2.10. The van der Waals surface area contributed by atoms with E-state index in [0.717, 1.165) is 44.0 Å². The molecule has 6 rings (SSSR count). The van der Waals surface area contributed by atoms with E-state index >= 15 is 0 Å². The molecule has 0 fully saturated rings. The van der Waals surface area contributed by atoms with Crippen LogP contribution in [0.1, 0.15) is 11.1 Å². The van der Waals surface area contributed by atoms with Gasteiger partial charge in [0, 0.05) is 21.5 Å². The maximum Gasteiger partial charge on any atom is 0.263 e. The van der Waals surface area contributed by atoms with Crippen molar-refractivity contribution in [2.24, 2.45) is 0 Å². The van der Waals surface area contributed by atoms with Crippen LogP contribution in [0.5, 0.6) is 0 Å². The Bertz CT molecular complexity index is 1590. The van der Waals surface area contributed by atoms with Gasteiger partial charge in [0.1, 0.15) is 0 Å². The molecule has 3 heterocycles. The van der Waals surface area contributed by atoms with Crippen LogP contribution in [0.15, 0.2) is 70.3 Å². The number of aryl methyl sites for hydroxylation is 2. The molecule has 0 aliphatic rings. The van der Waals surface area contributed by atoms with Gasteiger partial charge in [0.15, 0.2) is 0 Å². The monoisotopic (exact) mass is 364 g/mol. The third-order valence-electron chi connectivity index (χ3n) is 5.98. The van der Waals surface area contributed by atoms with E-state index in [-0.39, 0.29) is 11.1 Å². The molecule has 0 saturated carbocycles. The Morgan fingerprint density at radius 2 is 0.929 bits per heavy atom. The van der Waals surface area contributed by atoms with Crippen LogP contribution in [0.4, 0.5) is 0 Å². The van der Waals surface area contributed by atoms with Crippen molar-refractivity contribution >= 4 is 43.6 Å². The molecule has 0 unspecified atom stereocenters. The van der Waals surface area contributed by atoms with E-state index in [1.165, 1.54) is 0 Å². The Morgan fingerprint density at radius 3 is 1.32 bits per heavy atom. The number of benzene rings is 3. The predicted octanol–water partition coefficient (Wildman–Crippen LogP) is 4.43. The van der Waals surface area contributed by atoms with E-state index < -0.39 is 0 Å². The van der Waals surface area contributed by atoms with E-state index in [4.69, 9.17) is 0 Å². The number of aromatic nitrogens is 2. The molecule has 0 amide bonds. The van der Waals surface area contributed by atoms with Gasteiger partial charge in [0.2, 0.25) is 0 Å². The third-order valence-corrected chi connectivity index (χ3v) is 5.98. The van der Waals surface area contributed by atoms with E-state index in [9.17, 15) is 9.59 Å². The molecular weight excluding hydrogens is 348 g/mol. The van der Waals surface area contributed by atoms with Crippen molar-refractivity contribution in [3.05, 3.63) is 92.5 Å². The Morgan fingerprint density at radius 1 is 0.571 bits per heavy atom. The topological polar surface area (TPSA) is 43.0 Å². The standard InChI is InChI=1S/C24H16N2O2/c1-13-11-19-20(12-14(13)2)26-22(16-8-4-6-10-18(16)24(26)28)21-15-7-3-5-9-17(15)23(27)25(19)21/h3-12H,1-2H3. The van der Waals surface area contributed by atoms with Crippen molar-refractivity contribution in [3.63, 3.8) is 0 Å². The van der Waals surface area contributed by atoms with E-state index in [1.54, 1.807) is 8.80 Å². The first-order valence-electron chi connectivity index (χ1n) is 9.31. The Kier molecular flexibility index (Phi) is 2.74. The molecule has 0 saturated heterocycles. The molecule has 28 heavy (non-hydrogen) atoms. The minimum atomic E-state index is -0.0425. The lowest BCUT2D eigenvalue weighted by molar-refractivity contribution is 1.13. The van der Waals surface area contributed by atoms with Gasteiger partial charge in [0.05, 0.1) is 22.1 Å². The summed E-state index contributed by atoms with van der Waals surface area (Å²) in [4.78, 5) is 26.7. The summed E-state index contributed by atoms with van der Waals surface area (Å²) in [6.07, 6.45) is 0. The molecule has 0 aliphatic heterocycles. The van der Waals surface area contributed by atoms with Crippen molar-refractivity contribution in [1.29, 1.82) is 0 Å². The molecule has 0 N–H and O–H groups in total. The van der Waals surface area contributed by atoms with Crippen LogP contribution in [0, 0.1) is 13.8 Å². The molecule has 0 radical (unpaired) electrons. The van der Waals surface area contributed by atoms with Crippen molar-refractivity contribution in [2.45, 2.75) is 13.8 Å². The number of rotatable bonds is 0. The average molecular weight is 364 g/mol. The fraction of sp³-hybridized carbons (Fsp3) is 0.0833. The van der Waals surface area contributed by atoms with Crippen LogP contribution in [-0.4, -0.2) is 8.80 Å². The molecule has 134 valence electrons. The summed E-state index contributed by atoms with van der Waals surface area (Å²) in [7, 11) is 0. The molecular formula is C24H16N2O2. The summed E-state index contributed by atoms with van der Waals surface area (Å²) >= 11 is 0. The average Bonchev–Trinajstić information content (AvgIpc) is 3.17. The first-order chi connectivity index (χ1) is 13.6. The first-order valence-corrected chi connectivity index (χ1v) is 9.31. The molecule has 0 aliphatic carbocycles. The molecule has 0 spiro atoms. The van der Waals surface area contributed by atoms with Gasteiger partial charge in [-0.15, -0.1) is 0 Å². The van der Waals surface area contributed by atoms with Crippen LogP contribution in [0.2, 0.25) is 0 Å². The largest absolute Gasteiger partial charge is 0.272 e. The van der Waals surface area contributed by atoms with Gasteiger partial charge >= 0.3 is 0 Å². The van der Waals surface area contributed by atoms with Gasteiger partial charge in [-0.1, -0.05) is 36.4 Å². The lowest BCUT2D eigenvalue weighted by Crippen LogP contribution is -2.14. The zero-order valence-electron chi connectivity index (χ0n) is 15.5.